The summed E-state index contributed by atoms with van der Waals surface area (Å²) in [5.41, 5.74) is 2.29. The summed E-state index contributed by atoms with van der Waals surface area (Å²) in [6.07, 6.45) is 0. The van der Waals surface area contributed by atoms with E-state index in [4.69, 9.17) is 20.9 Å². The number of anilines is 1. The van der Waals surface area contributed by atoms with E-state index in [1.165, 1.54) is 7.11 Å². The molecule has 0 aliphatic rings. The lowest BCUT2D eigenvalue weighted by Crippen LogP contribution is -2.15. The van der Waals surface area contributed by atoms with Crippen molar-refractivity contribution >= 4 is 38.4 Å². The predicted molar refractivity (Wildman–Crippen MR) is 102 cm³/mol. The van der Waals surface area contributed by atoms with Gasteiger partial charge in [0.15, 0.2) is 11.4 Å². The summed E-state index contributed by atoms with van der Waals surface area (Å²) in [5, 5.41) is 4.56. The van der Waals surface area contributed by atoms with Crippen LogP contribution in [0.3, 0.4) is 0 Å². The normalized spacial score (nSPS) is 11.9. The number of halogens is 1. The second kappa shape index (κ2) is 6.81. The van der Waals surface area contributed by atoms with Crippen LogP contribution in [0.4, 0.5) is 5.82 Å². The smallest absolute Gasteiger partial charge is 0.266 e. The molecule has 26 heavy (non-hydrogen) atoms. The van der Waals surface area contributed by atoms with E-state index in [1.807, 2.05) is 20.8 Å². The van der Waals surface area contributed by atoms with E-state index in [-0.39, 0.29) is 22.4 Å². The van der Waals surface area contributed by atoms with E-state index in [0.717, 1.165) is 11.1 Å². The van der Waals surface area contributed by atoms with Gasteiger partial charge < -0.3 is 9.26 Å². The Morgan fingerprint density at radius 1 is 1.27 bits per heavy atom. The quantitative estimate of drug-likeness (QED) is 0.676. The maximum atomic E-state index is 13.0. The molecule has 138 valence electrons. The summed E-state index contributed by atoms with van der Waals surface area (Å²) in [6, 6.07) is 8.35. The molecule has 8 heteroatoms. The Labute approximate surface area is 157 Å². The fourth-order valence-corrected chi connectivity index (χ4v) is 4.32. The Kier molecular flexibility index (Phi) is 4.86. The molecule has 0 aliphatic heterocycles. The van der Waals surface area contributed by atoms with Crippen LogP contribution in [-0.4, -0.2) is 20.7 Å². The Morgan fingerprint density at radius 3 is 2.65 bits per heavy atom. The minimum Gasteiger partial charge on any atom is -0.495 e. The first-order valence-corrected chi connectivity index (χ1v) is 9.86. The SMILES string of the molecule is COc1cc(C)c(C(C)C)cc1S(=O)(=O)Nc1noc2cccc(Cl)c12. The highest BCUT2D eigenvalue weighted by molar-refractivity contribution is 7.92. The van der Waals surface area contributed by atoms with Gasteiger partial charge in [-0.1, -0.05) is 36.7 Å². The predicted octanol–water partition coefficient (Wildman–Crippen LogP) is 4.72. The third-order valence-electron chi connectivity index (χ3n) is 4.14. The number of benzene rings is 2. The van der Waals surface area contributed by atoms with Crippen molar-refractivity contribution in [2.75, 3.05) is 11.8 Å². The van der Waals surface area contributed by atoms with Crippen LogP contribution >= 0.6 is 11.6 Å². The Balaban J connectivity index is 2.12. The second-order valence-corrected chi connectivity index (χ2v) is 8.32. The number of aromatic nitrogens is 1. The summed E-state index contributed by atoms with van der Waals surface area (Å²) in [5.74, 6) is 0.467. The molecular formula is C18H19ClN2O4S. The molecule has 0 fully saturated rings. The largest absolute Gasteiger partial charge is 0.495 e. The van der Waals surface area contributed by atoms with Crippen molar-refractivity contribution in [2.24, 2.45) is 0 Å². The highest BCUT2D eigenvalue weighted by atomic mass is 35.5. The van der Waals surface area contributed by atoms with Crippen LogP contribution in [0.15, 0.2) is 39.8 Å². The maximum absolute atomic E-state index is 13.0. The van der Waals surface area contributed by atoms with E-state index in [0.29, 0.717) is 16.0 Å². The lowest BCUT2D eigenvalue weighted by Gasteiger charge is -2.16. The summed E-state index contributed by atoms with van der Waals surface area (Å²) in [6.45, 7) is 5.93. The van der Waals surface area contributed by atoms with Gasteiger partial charge >= 0.3 is 0 Å². The fourth-order valence-electron chi connectivity index (χ4n) is 2.87. The van der Waals surface area contributed by atoms with Crippen molar-refractivity contribution in [2.45, 2.75) is 31.6 Å². The Morgan fingerprint density at radius 2 is 2.00 bits per heavy atom. The number of nitrogens with zero attached hydrogens (tertiary/aromatic N) is 1. The molecule has 0 saturated carbocycles. The Bertz CT molecular complexity index is 1070. The molecule has 1 N–H and O–H groups in total. The van der Waals surface area contributed by atoms with Gasteiger partial charge in [0.25, 0.3) is 10.0 Å². The molecule has 2 aromatic carbocycles. The number of hydrogen-bond donors (Lipinski definition) is 1. The molecule has 6 nitrogen and oxygen atoms in total. The van der Waals surface area contributed by atoms with Gasteiger partial charge in [-0.25, -0.2) is 8.42 Å². The molecular weight excluding hydrogens is 376 g/mol. The number of ether oxygens (including phenoxy) is 1. The number of sulfonamides is 1. The van der Waals surface area contributed by atoms with Crippen LogP contribution in [0.25, 0.3) is 11.0 Å². The fraction of sp³-hybridized carbons (Fsp3) is 0.278. The zero-order valence-electron chi connectivity index (χ0n) is 14.8. The first-order chi connectivity index (χ1) is 12.2. The van der Waals surface area contributed by atoms with Gasteiger partial charge in [0.05, 0.1) is 17.5 Å². The van der Waals surface area contributed by atoms with Crippen molar-refractivity contribution in [3.63, 3.8) is 0 Å². The van der Waals surface area contributed by atoms with Gasteiger partial charge in [-0.15, -0.1) is 0 Å². The van der Waals surface area contributed by atoms with Crippen molar-refractivity contribution in [3.05, 3.63) is 46.5 Å². The number of methoxy groups -OCH3 is 1. The van der Waals surface area contributed by atoms with Crippen molar-refractivity contribution in [1.82, 2.24) is 5.16 Å². The summed E-state index contributed by atoms with van der Waals surface area (Å²) < 4.78 is 38.9. The first kappa shape index (κ1) is 18.5. The summed E-state index contributed by atoms with van der Waals surface area (Å²) in [7, 11) is -2.53. The molecule has 0 spiro atoms. The zero-order chi connectivity index (χ0) is 19.1. The van der Waals surface area contributed by atoms with Crippen LogP contribution in [0.5, 0.6) is 5.75 Å². The van der Waals surface area contributed by atoms with Crippen molar-refractivity contribution in [1.29, 1.82) is 0 Å². The van der Waals surface area contributed by atoms with Gasteiger partial charge in [-0.3, -0.25) is 4.72 Å². The number of aryl methyl sites for hydroxylation is 1. The van der Waals surface area contributed by atoms with Crippen molar-refractivity contribution in [3.8, 4) is 5.75 Å². The van der Waals surface area contributed by atoms with Crippen LogP contribution in [0, 0.1) is 6.92 Å². The number of fused-ring (bicyclic) bond motifs is 1. The molecule has 0 bridgehead atoms. The molecule has 1 aromatic heterocycles. The third kappa shape index (κ3) is 3.24. The highest BCUT2D eigenvalue weighted by Crippen LogP contribution is 2.35. The molecule has 1 heterocycles. The second-order valence-electron chi connectivity index (χ2n) is 6.26. The molecule has 0 amide bonds. The van der Waals surface area contributed by atoms with Crippen molar-refractivity contribution < 1.29 is 17.7 Å². The molecule has 0 aliphatic carbocycles. The molecule has 0 unspecified atom stereocenters. The van der Waals surface area contributed by atoms with Gasteiger partial charge in [0, 0.05) is 0 Å². The zero-order valence-corrected chi connectivity index (χ0v) is 16.4. The summed E-state index contributed by atoms with van der Waals surface area (Å²) >= 11 is 6.17. The van der Waals surface area contributed by atoms with Gasteiger partial charge in [0.1, 0.15) is 10.6 Å². The number of hydrogen-bond acceptors (Lipinski definition) is 5. The standard InChI is InChI=1S/C18H19ClN2O4S/c1-10(2)12-9-16(15(24-4)8-11(12)3)26(22,23)21-18-17-13(19)6-5-7-14(17)25-20-18/h5-10H,1-4H3,(H,20,21). The third-order valence-corrected chi connectivity index (χ3v) is 5.82. The van der Waals surface area contributed by atoms with Gasteiger partial charge in [0.2, 0.25) is 0 Å². The lowest BCUT2D eigenvalue weighted by atomic mass is 9.98. The molecule has 0 atom stereocenters. The number of rotatable bonds is 5. The average Bonchev–Trinajstić information content (AvgIpc) is 2.97. The Hall–Kier alpha value is -2.25. The van der Waals surface area contributed by atoms with Crippen LogP contribution in [0.2, 0.25) is 5.02 Å². The van der Waals surface area contributed by atoms with Crippen LogP contribution < -0.4 is 9.46 Å². The van der Waals surface area contributed by atoms with Gasteiger partial charge in [-0.2, -0.15) is 0 Å². The first-order valence-electron chi connectivity index (χ1n) is 8.00. The lowest BCUT2D eigenvalue weighted by molar-refractivity contribution is 0.402. The van der Waals surface area contributed by atoms with Crippen LogP contribution in [-0.2, 0) is 10.0 Å². The molecule has 0 radical (unpaired) electrons. The van der Waals surface area contributed by atoms with E-state index in [9.17, 15) is 8.42 Å². The molecule has 3 aromatic rings. The molecule has 0 saturated heterocycles. The van der Waals surface area contributed by atoms with Gasteiger partial charge in [-0.05, 0) is 48.2 Å². The van der Waals surface area contributed by atoms with Crippen LogP contribution in [0.1, 0.15) is 30.9 Å². The monoisotopic (exact) mass is 394 g/mol. The van der Waals surface area contributed by atoms with E-state index in [1.54, 1.807) is 30.3 Å². The summed E-state index contributed by atoms with van der Waals surface area (Å²) in [4.78, 5) is 0.0394. The maximum Gasteiger partial charge on any atom is 0.266 e. The molecule has 3 rings (SSSR count). The van der Waals surface area contributed by atoms with E-state index in [2.05, 4.69) is 9.88 Å². The minimum absolute atomic E-state index is 0.0394. The topological polar surface area (TPSA) is 81.4 Å². The number of nitrogens with one attached hydrogen (secondary N) is 1. The average molecular weight is 395 g/mol. The minimum atomic E-state index is -3.96. The van der Waals surface area contributed by atoms with E-state index >= 15 is 0 Å². The van der Waals surface area contributed by atoms with E-state index < -0.39 is 10.0 Å². The highest BCUT2D eigenvalue weighted by Gasteiger charge is 2.25.